The second-order valence-corrected chi connectivity index (χ2v) is 10.7. The lowest BCUT2D eigenvalue weighted by Crippen LogP contribution is -2.23. The summed E-state index contributed by atoms with van der Waals surface area (Å²) in [6.07, 6.45) is 3.44. The Balaban J connectivity index is 2.32. The molecule has 0 aromatic heterocycles. The van der Waals surface area contributed by atoms with Crippen molar-refractivity contribution >= 4 is 8.07 Å². The zero-order valence-electron chi connectivity index (χ0n) is 8.80. The summed E-state index contributed by atoms with van der Waals surface area (Å²) in [7, 11) is -0.938. The Kier molecular flexibility index (Phi) is 3.00. The molecule has 12 heavy (non-hydrogen) atoms. The molecular formula is C10H22OSi. The van der Waals surface area contributed by atoms with Crippen molar-refractivity contribution in [2.45, 2.75) is 57.5 Å². The zero-order chi connectivity index (χ0) is 9.35. The van der Waals surface area contributed by atoms with E-state index in [2.05, 4.69) is 26.6 Å². The van der Waals surface area contributed by atoms with Gasteiger partial charge in [0.2, 0.25) is 0 Å². The Morgan fingerprint density at radius 3 is 2.33 bits per heavy atom. The van der Waals surface area contributed by atoms with Gasteiger partial charge in [0, 0.05) is 8.07 Å². The molecule has 1 nitrogen and oxygen atoms in total. The molecule has 0 aliphatic heterocycles. The van der Waals surface area contributed by atoms with Crippen LogP contribution in [0.2, 0.25) is 25.2 Å². The van der Waals surface area contributed by atoms with E-state index in [4.69, 9.17) is 0 Å². The molecule has 3 atom stereocenters. The number of hydrogen-bond acceptors (Lipinski definition) is 1. The van der Waals surface area contributed by atoms with Crippen LogP contribution in [0.25, 0.3) is 0 Å². The van der Waals surface area contributed by atoms with Gasteiger partial charge >= 0.3 is 0 Å². The molecule has 1 aliphatic carbocycles. The fourth-order valence-electron chi connectivity index (χ4n) is 2.15. The van der Waals surface area contributed by atoms with Crippen LogP contribution in [0, 0.1) is 5.92 Å². The molecular weight excluding hydrogens is 164 g/mol. The number of rotatable bonds is 4. The highest BCUT2D eigenvalue weighted by Crippen LogP contribution is 2.54. The lowest BCUT2D eigenvalue weighted by molar-refractivity contribution is 0.140. The van der Waals surface area contributed by atoms with Gasteiger partial charge in [-0.15, -0.1) is 0 Å². The summed E-state index contributed by atoms with van der Waals surface area (Å²) in [6, 6.07) is 0. The second-order valence-electron chi connectivity index (χ2n) is 5.23. The average Bonchev–Trinajstić information content (AvgIpc) is 2.62. The van der Waals surface area contributed by atoms with Crippen LogP contribution in [-0.2, 0) is 0 Å². The maximum absolute atomic E-state index is 9.74. The molecule has 1 saturated carbocycles. The predicted octanol–water partition coefficient (Wildman–Crippen LogP) is 2.88. The summed E-state index contributed by atoms with van der Waals surface area (Å²) in [4.78, 5) is 0. The molecule has 1 N–H and O–H groups in total. The van der Waals surface area contributed by atoms with Gasteiger partial charge in [0.05, 0.1) is 6.10 Å². The maximum Gasteiger partial charge on any atom is 0.0568 e. The van der Waals surface area contributed by atoms with Crippen LogP contribution >= 0.6 is 0 Å². The average molecular weight is 186 g/mol. The standard InChI is InChI=1S/C10H22OSi/c1-5-6-9(11)8-7-10(8)12(2,3)4/h8-11H,5-7H2,1-4H3/t8-,9+,10-/m0/s1. The quantitative estimate of drug-likeness (QED) is 0.669. The van der Waals surface area contributed by atoms with Gasteiger partial charge < -0.3 is 5.11 Å². The highest BCUT2D eigenvalue weighted by Gasteiger charge is 2.48. The van der Waals surface area contributed by atoms with Crippen molar-refractivity contribution in [1.29, 1.82) is 0 Å². The first-order chi connectivity index (χ1) is 5.46. The van der Waals surface area contributed by atoms with Gasteiger partial charge in [0.15, 0.2) is 0 Å². The molecule has 0 aromatic carbocycles. The first-order valence-electron chi connectivity index (χ1n) is 5.15. The van der Waals surface area contributed by atoms with Crippen molar-refractivity contribution in [2.75, 3.05) is 0 Å². The molecule has 0 unspecified atom stereocenters. The molecule has 72 valence electrons. The van der Waals surface area contributed by atoms with Gasteiger partial charge in [-0.3, -0.25) is 0 Å². The van der Waals surface area contributed by atoms with Gasteiger partial charge in [-0.1, -0.05) is 33.0 Å². The Morgan fingerprint density at radius 2 is 2.00 bits per heavy atom. The van der Waals surface area contributed by atoms with Gasteiger partial charge in [-0.05, 0) is 24.3 Å². The molecule has 1 fully saturated rings. The summed E-state index contributed by atoms with van der Waals surface area (Å²) in [5.74, 6) is 0.664. The first kappa shape index (κ1) is 10.3. The summed E-state index contributed by atoms with van der Waals surface area (Å²) in [5.41, 5.74) is 0.902. The summed E-state index contributed by atoms with van der Waals surface area (Å²) < 4.78 is 0. The van der Waals surface area contributed by atoms with E-state index < -0.39 is 8.07 Å². The second kappa shape index (κ2) is 3.50. The van der Waals surface area contributed by atoms with Crippen LogP contribution in [0.15, 0.2) is 0 Å². The van der Waals surface area contributed by atoms with Gasteiger partial charge in [-0.25, -0.2) is 0 Å². The molecule has 0 aromatic rings. The van der Waals surface area contributed by atoms with E-state index in [9.17, 15) is 5.11 Å². The number of hydrogen-bond donors (Lipinski definition) is 1. The van der Waals surface area contributed by atoms with Gasteiger partial charge in [0.1, 0.15) is 0 Å². The molecule has 0 saturated heterocycles. The lowest BCUT2D eigenvalue weighted by atomic mass is 10.1. The van der Waals surface area contributed by atoms with E-state index in [1.54, 1.807) is 0 Å². The summed E-state index contributed by atoms with van der Waals surface area (Å²) in [5, 5.41) is 9.74. The number of aliphatic hydroxyl groups is 1. The molecule has 2 heteroatoms. The van der Waals surface area contributed by atoms with E-state index in [0.29, 0.717) is 5.92 Å². The zero-order valence-corrected chi connectivity index (χ0v) is 9.80. The van der Waals surface area contributed by atoms with Crippen molar-refractivity contribution in [3.8, 4) is 0 Å². The van der Waals surface area contributed by atoms with E-state index in [1.807, 2.05) is 0 Å². The van der Waals surface area contributed by atoms with E-state index in [-0.39, 0.29) is 6.10 Å². The lowest BCUT2D eigenvalue weighted by Gasteiger charge is -2.17. The van der Waals surface area contributed by atoms with Crippen molar-refractivity contribution in [1.82, 2.24) is 0 Å². The Hall–Kier alpha value is 0.177. The van der Waals surface area contributed by atoms with Crippen molar-refractivity contribution in [2.24, 2.45) is 5.92 Å². The minimum Gasteiger partial charge on any atom is -0.393 e. The minimum atomic E-state index is -0.938. The third kappa shape index (κ3) is 2.33. The third-order valence-electron chi connectivity index (χ3n) is 3.03. The van der Waals surface area contributed by atoms with Crippen LogP contribution < -0.4 is 0 Å². The summed E-state index contributed by atoms with van der Waals surface area (Å²) >= 11 is 0. The van der Waals surface area contributed by atoms with Gasteiger partial charge in [-0.2, -0.15) is 0 Å². The minimum absolute atomic E-state index is 0.00623. The van der Waals surface area contributed by atoms with Gasteiger partial charge in [0.25, 0.3) is 0 Å². The topological polar surface area (TPSA) is 20.2 Å². The Morgan fingerprint density at radius 1 is 1.42 bits per heavy atom. The maximum atomic E-state index is 9.74. The van der Waals surface area contributed by atoms with Crippen molar-refractivity contribution < 1.29 is 5.11 Å². The van der Waals surface area contributed by atoms with E-state index in [0.717, 1.165) is 18.4 Å². The van der Waals surface area contributed by atoms with Crippen LogP contribution in [0.1, 0.15) is 26.2 Å². The molecule has 1 rings (SSSR count). The molecule has 0 heterocycles. The van der Waals surface area contributed by atoms with Crippen LogP contribution in [0.5, 0.6) is 0 Å². The van der Waals surface area contributed by atoms with E-state index >= 15 is 0 Å². The van der Waals surface area contributed by atoms with Crippen LogP contribution in [-0.4, -0.2) is 19.3 Å². The highest BCUT2D eigenvalue weighted by atomic mass is 28.3. The largest absolute Gasteiger partial charge is 0.393 e. The highest BCUT2D eigenvalue weighted by molar-refractivity contribution is 6.78. The molecule has 0 bridgehead atoms. The third-order valence-corrected chi connectivity index (χ3v) is 5.92. The SMILES string of the molecule is CCC[C@@H](O)[C@@H]1C[C@@H]1[Si](C)(C)C. The number of aliphatic hydroxyl groups excluding tert-OH is 1. The molecule has 0 spiro atoms. The molecule has 0 amide bonds. The van der Waals surface area contributed by atoms with E-state index in [1.165, 1.54) is 6.42 Å². The van der Waals surface area contributed by atoms with Crippen molar-refractivity contribution in [3.63, 3.8) is 0 Å². The Bertz CT molecular complexity index is 150. The monoisotopic (exact) mass is 186 g/mol. The Labute approximate surface area is 77.2 Å². The van der Waals surface area contributed by atoms with Crippen LogP contribution in [0.4, 0.5) is 0 Å². The molecule has 1 aliphatic rings. The fourth-order valence-corrected chi connectivity index (χ4v) is 4.63. The first-order valence-corrected chi connectivity index (χ1v) is 8.72. The smallest absolute Gasteiger partial charge is 0.0568 e. The fraction of sp³-hybridized carbons (Fsp3) is 1.00. The van der Waals surface area contributed by atoms with Crippen molar-refractivity contribution in [3.05, 3.63) is 0 Å². The van der Waals surface area contributed by atoms with Crippen LogP contribution in [0.3, 0.4) is 0 Å². The summed E-state index contributed by atoms with van der Waals surface area (Å²) in [6.45, 7) is 9.39. The normalized spacial score (nSPS) is 31.8. The molecule has 0 radical (unpaired) electrons. The predicted molar refractivity (Wildman–Crippen MR) is 56.1 cm³/mol.